The van der Waals surface area contributed by atoms with Gasteiger partial charge in [-0.05, 0) is 50.5 Å². The molecule has 0 radical (unpaired) electrons. The molecule has 1 amide bonds. The Kier molecular flexibility index (Phi) is 3.99. The summed E-state index contributed by atoms with van der Waals surface area (Å²) < 4.78 is 19.2. The van der Waals surface area contributed by atoms with E-state index >= 15 is 0 Å². The lowest BCUT2D eigenvalue weighted by Gasteiger charge is -2.31. The van der Waals surface area contributed by atoms with Crippen LogP contribution in [0.3, 0.4) is 0 Å². The van der Waals surface area contributed by atoms with E-state index in [1.807, 2.05) is 37.9 Å². The highest BCUT2D eigenvalue weighted by Crippen LogP contribution is 2.41. The molecule has 1 aromatic carbocycles. The van der Waals surface area contributed by atoms with E-state index in [2.05, 4.69) is 17.2 Å². The number of nitrogens with one attached hydrogen (secondary N) is 2. The molecule has 140 valence electrons. The molecule has 2 N–H and O–H groups in total. The lowest BCUT2D eigenvalue weighted by molar-refractivity contribution is 0.0211. The van der Waals surface area contributed by atoms with Gasteiger partial charge in [-0.1, -0.05) is 6.92 Å². The molecule has 6 heteroatoms. The highest BCUT2D eigenvalue weighted by Gasteiger charge is 2.51. The molecule has 3 heterocycles. The molecule has 0 aliphatic carbocycles. The molecule has 0 spiro atoms. The number of nitrogens with zero attached hydrogens (tertiary/aromatic N) is 1. The lowest BCUT2D eigenvalue weighted by atomic mass is 9.90. The first-order valence-corrected chi connectivity index (χ1v) is 9.24. The Bertz CT molecular complexity index is 841. The summed E-state index contributed by atoms with van der Waals surface area (Å²) in [6, 6.07) is 5.12. The van der Waals surface area contributed by atoms with Gasteiger partial charge in [0.2, 0.25) is 0 Å². The second-order valence-electron chi connectivity index (χ2n) is 8.58. The molecule has 0 saturated carbocycles. The van der Waals surface area contributed by atoms with Crippen molar-refractivity contribution in [3.63, 3.8) is 0 Å². The number of hydrogen-bond acceptors (Lipinski definition) is 3. The molecule has 26 heavy (non-hydrogen) atoms. The number of hydrogen-bond donors (Lipinski definition) is 2. The monoisotopic (exact) mass is 359 g/mol. The van der Waals surface area contributed by atoms with Crippen LogP contribution in [0.2, 0.25) is 0 Å². The van der Waals surface area contributed by atoms with Crippen molar-refractivity contribution in [3.05, 3.63) is 35.8 Å². The first-order chi connectivity index (χ1) is 12.2. The zero-order valence-corrected chi connectivity index (χ0v) is 15.7. The van der Waals surface area contributed by atoms with Gasteiger partial charge in [0.1, 0.15) is 11.4 Å². The number of fused-ring (bicyclic) bond motifs is 2. The number of amides is 1. The molecule has 2 aliphatic heterocycles. The number of H-pyrrole nitrogens is 1. The van der Waals surface area contributed by atoms with Crippen molar-refractivity contribution in [2.45, 2.75) is 51.3 Å². The number of likely N-dealkylation sites (tertiary alicyclic amines) is 1. The van der Waals surface area contributed by atoms with Crippen molar-refractivity contribution in [2.75, 3.05) is 13.1 Å². The fraction of sp³-hybridized carbons (Fsp3) is 0.550. The SMILES string of the molecule is CC1CN(C(=O)OC(C)(C)C)C2C(c3c[nH]c4cc(F)ccc34)CNC12. The van der Waals surface area contributed by atoms with Crippen molar-refractivity contribution >= 4 is 17.0 Å². The third kappa shape index (κ3) is 2.86. The van der Waals surface area contributed by atoms with E-state index in [0.29, 0.717) is 12.5 Å². The highest BCUT2D eigenvalue weighted by atomic mass is 19.1. The molecule has 2 aliphatic rings. The first-order valence-electron chi connectivity index (χ1n) is 9.24. The molecule has 4 rings (SSSR count). The van der Waals surface area contributed by atoms with Crippen molar-refractivity contribution in [1.82, 2.24) is 15.2 Å². The van der Waals surface area contributed by atoms with Gasteiger partial charge in [-0.15, -0.1) is 0 Å². The van der Waals surface area contributed by atoms with Gasteiger partial charge in [0, 0.05) is 42.1 Å². The van der Waals surface area contributed by atoms with E-state index in [-0.39, 0.29) is 29.9 Å². The predicted molar refractivity (Wildman–Crippen MR) is 98.7 cm³/mol. The molecule has 1 aromatic heterocycles. The molecule has 2 aromatic rings. The van der Waals surface area contributed by atoms with Crippen molar-refractivity contribution in [2.24, 2.45) is 5.92 Å². The molecule has 2 saturated heterocycles. The second-order valence-corrected chi connectivity index (χ2v) is 8.58. The summed E-state index contributed by atoms with van der Waals surface area (Å²) >= 11 is 0. The van der Waals surface area contributed by atoms with E-state index in [1.165, 1.54) is 12.1 Å². The standard InChI is InChI=1S/C20H26FN3O2/c1-11-10-24(19(25)26-20(2,3)4)18-15(9-23-17(11)18)14-8-22-16-7-12(21)5-6-13(14)16/h5-8,11,15,17-18,22-23H,9-10H2,1-4H3. The fourth-order valence-electron chi connectivity index (χ4n) is 4.49. The average molecular weight is 359 g/mol. The van der Waals surface area contributed by atoms with Gasteiger partial charge in [0.25, 0.3) is 0 Å². The van der Waals surface area contributed by atoms with Crippen LogP contribution >= 0.6 is 0 Å². The Balaban J connectivity index is 1.68. The van der Waals surface area contributed by atoms with Crippen LogP contribution in [0.1, 0.15) is 39.2 Å². The van der Waals surface area contributed by atoms with Gasteiger partial charge in [0.15, 0.2) is 0 Å². The number of carbonyl (C=O) groups excluding carboxylic acids is 1. The summed E-state index contributed by atoms with van der Waals surface area (Å²) in [7, 11) is 0. The zero-order valence-electron chi connectivity index (χ0n) is 15.7. The number of halogens is 1. The van der Waals surface area contributed by atoms with E-state index < -0.39 is 5.60 Å². The average Bonchev–Trinajstić information content (AvgIpc) is 3.20. The summed E-state index contributed by atoms with van der Waals surface area (Å²) in [5.41, 5.74) is 1.40. The summed E-state index contributed by atoms with van der Waals surface area (Å²) in [4.78, 5) is 17.9. The first kappa shape index (κ1) is 17.3. The fourth-order valence-corrected chi connectivity index (χ4v) is 4.49. The molecule has 5 nitrogen and oxygen atoms in total. The van der Waals surface area contributed by atoms with Crippen LogP contribution in [-0.2, 0) is 4.74 Å². The smallest absolute Gasteiger partial charge is 0.410 e. The van der Waals surface area contributed by atoms with Crippen molar-refractivity contribution < 1.29 is 13.9 Å². The maximum Gasteiger partial charge on any atom is 0.410 e. The van der Waals surface area contributed by atoms with E-state index in [4.69, 9.17) is 4.74 Å². The topological polar surface area (TPSA) is 57.4 Å². The summed E-state index contributed by atoms with van der Waals surface area (Å²) in [5.74, 6) is 0.259. The molecular weight excluding hydrogens is 333 g/mol. The van der Waals surface area contributed by atoms with Crippen molar-refractivity contribution in [1.29, 1.82) is 0 Å². The van der Waals surface area contributed by atoms with Crippen LogP contribution in [0.5, 0.6) is 0 Å². The molecule has 4 atom stereocenters. The highest BCUT2D eigenvalue weighted by molar-refractivity contribution is 5.84. The minimum atomic E-state index is -0.516. The maximum absolute atomic E-state index is 13.5. The van der Waals surface area contributed by atoms with Gasteiger partial charge in [-0.25, -0.2) is 9.18 Å². The number of rotatable bonds is 1. The Morgan fingerprint density at radius 3 is 2.85 bits per heavy atom. The lowest BCUT2D eigenvalue weighted by Crippen LogP contribution is -2.44. The predicted octanol–water partition coefficient (Wildman–Crippen LogP) is 3.62. The number of aromatic nitrogens is 1. The number of aromatic amines is 1. The Hall–Kier alpha value is -2.08. The van der Waals surface area contributed by atoms with Crippen LogP contribution in [-0.4, -0.2) is 46.8 Å². The van der Waals surface area contributed by atoms with Crippen LogP contribution in [0.4, 0.5) is 9.18 Å². The van der Waals surface area contributed by atoms with Gasteiger partial charge in [-0.3, -0.25) is 0 Å². The third-order valence-electron chi connectivity index (χ3n) is 5.51. The van der Waals surface area contributed by atoms with Gasteiger partial charge in [0.05, 0.1) is 6.04 Å². The van der Waals surface area contributed by atoms with Gasteiger partial charge in [-0.2, -0.15) is 0 Å². The summed E-state index contributed by atoms with van der Waals surface area (Å²) in [5, 5.41) is 4.61. The molecule has 0 bridgehead atoms. The molecule has 4 unspecified atom stereocenters. The maximum atomic E-state index is 13.5. The molecular formula is C20H26FN3O2. The summed E-state index contributed by atoms with van der Waals surface area (Å²) in [6.45, 7) is 9.32. The number of ether oxygens (including phenoxy) is 1. The van der Waals surface area contributed by atoms with Crippen LogP contribution in [0.15, 0.2) is 24.4 Å². The van der Waals surface area contributed by atoms with Crippen LogP contribution in [0.25, 0.3) is 10.9 Å². The summed E-state index contributed by atoms with van der Waals surface area (Å²) in [6.07, 6.45) is 1.70. The minimum absolute atomic E-state index is 0.0453. The molecule has 2 fully saturated rings. The van der Waals surface area contributed by atoms with Crippen LogP contribution in [0, 0.1) is 11.7 Å². The Morgan fingerprint density at radius 1 is 1.35 bits per heavy atom. The quantitative estimate of drug-likeness (QED) is 0.818. The van der Waals surface area contributed by atoms with Crippen molar-refractivity contribution in [3.8, 4) is 0 Å². The minimum Gasteiger partial charge on any atom is -0.444 e. The largest absolute Gasteiger partial charge is 0.444 e. The van der Waals surface area contributed by atoms with Gasteiger partial charge >= 0.3 is 6.09 Å². The van der Waals surface area contributed by atoms with E-state index in [1.54, 1.807) is 0 Å². The van der Waals surface area contributed by atoms with Gasteiger partial charge < -0.3 is 19.9 Å². The zero-order chi connectivity index (χ0) is 18.6. The van der Waals surface area contributed by atoms with Crippen LogP contribution < -0.4 is 5.32 Å². The van der Waals surface area contributed by atoms with E-state index in [9.17, 15) is 9.18 Å². The number of carbonyl (C=O) groups is 1. The normalized spacial score (nSPS) is 28.6. The third-order valence-corrected chi connectivity index (χ3v) is 5.51. The van der Waals surface area contributed by atoms with E-state index in [0.717, 1.165) is 23.0 Å². The Morgan fingerprint density at radius 2 is 2.12 bits per heavy atom. The Labute approximate surface area is 152 Å². The number of benzene rings is 1. The second kappa shape index (κ2) is 5.98.